The molecule has 16 heavy (non-hydrogen) atoms. The second-order valence-electron chi connectivity index (χ2n) is 6.01. The zero-order chi connectivity index (χ0) is 13.4. The molecule has 0 fully saturated rings. The summed E-state index contributed by atoms with van der Waals surface area (Å²) >= 11 is 0. The summed E-state index contributed by atoms with van der Waals surface area (Å²) in [5.74, 6) is -2.65. The van der Waals surface area contributed by atoms with Gasteiger partial charge in [-0.05, 0) is 25.7 Å². The van der Waals surface area contributed by atoms with E-state index < -0.39 is 11.3 Å². The average molecular weight is 270 g/mol. The SMILES string of the molecule is CPC(PC)(C(C)(C)C)C(C)(C)C(C)(F)F. The highest BCUT2D eigenvalue weighted by atomic mass is 31.1. The van der Waals surface area contributed by atoms with E-state index in [0.717, 1.165) is 6.92 Å². The second-order valence-corrected chi connectivity index (χ2v) is 9.01. The molecule has 0 saturated carbocycles. The van der Waals surface area contributed by atoms with Crippen LogP contribution in [0.5, 0.6) is 0 Å². The monoisotopic (exact) mass is 270 g/mol. The van der Waals surface area contributed by atoms with Gasteiger partial charge in [0, 0.05) is 10.3 Å². The highest BCUT2D eigenvalue weighted by Crippen LogP contribution is 2.67. The van der Waals surface area contributed by atoms with Gasteiger partial charge in [-0.15, -0.1) is 17.2 Å². The third-order valence-electron chi connectivity index (χ3n) is 3.91. The quantitative estimate of drug-likeness (QED) is 0.629. The van der Waals surface area contributed by atoms with Gasteiger partial charge in [-0.2, -0.15) is 0 Å². The summed E-state index contributed by atoms with van der Waals surface area (Å²) in [7, 11) is 1.06. The first-order chi connectivity index (χ1) is 6.87. The van der Waals surface area contributed by atoms with Gasteiger partial charge in [-0.25, -0.2) is 8.78 Å². The van der Waals surface area contributed by atoms with E-state index in [0.29, 0.717) is 17.2 Å². The Morgan fingerprint density at radius 1 is 0.750 bits per heavy atom. The molecule has 2 unspecified atom stereocenters. The van der Waals surface area contributed by atoms with E-state index in [9.17, 15) is 8.78 Å². The summed E-state index contributed by atoms with van der Waals surface area (Å²) in [5, 5.41) is 0. The number of hydrogen-bond acceptors (Lipinski definition) is 0. The molecule has 0 bridgehead atoms. The van der Waals surface area contributed by atoms with Crippen LogP contribution in [-0.4, -0.2) is 24.1 Å². The lowest BCUT2D eigenvalue weighted by atomic mass is 9.71. The third-order valence-corrected chi connectivity index (χ3v) is 9.66. The molecule has 0 aliphatic rings. The van der Waals surface area contributed by atoms with Gasteiger partial charge in [0.05, 0.1) is 0 Å². The van der Waals surface area contributed by atoms with Crippen LogP contribution in [0.1, 0.15) is 41.5 Å². The van der Waals surface area contributed by atoms with E-state index in [1.54, 1.807) is 13.8 Å². The van der Waals surface area contributed by atoms with Crippen molar-refractivity contribution in [3.63, 3.8) is 0 Å². The molecule has 4 heteroatoms. The minimum absolute atomic E-state index is 0.101. The van der Waals surface area contributed by atoms with Crippen LogP contribution in [0.4, 0.5) is 8.78 Å². The first kappa shape index (κ1) is 16.7. The van der Waals surface area contributed by atoms with Crippen LogP contribution < -0.4 is 0 Å². The lowest BCUT2D eigenvalue weighted by Crippen LogP contribution is -2.54. The van der Waals surface area contributed by atoms with Crippen molar-refractivity contribution in [3.8, 4) is 0 Å². The zero-order valence-corrected chi connectivity index (χ0v) is 13.8. The molecule has 0 spiro atoms. The van der Waals surface area contributed by atoms with Gasteiger partial charge in [0.15, 0.2) is 0 Å². The van der Waals surface area contributed by atoms with E-state index in [-0.39, 0.29) is 10.3 Å². The predicted octanol–water partition coefficient (Wildman–Crippen LogP) is 5.03. The van der Waals surface area contributed by atoms with Gasteiger partial charge in [0.2, 0.25) is 0 Å². The normalized spacial score (nSPS) is 19.9. The molecule has 0 heterocycles. The molecule has 0 nitrogen and oxygen atoms in total. The minimum Gasteiger partial charge on any atom is -0.207 e. The molecule has 0 aromatic rings. The fourth-order valence-electron chi connectivity index (χ4n) is 2.77. The minimum atomic E-state index is -2.65. The van der Waals surface area contributed by atoms with Crippen molar-refractivity contribution in [2.75, 3.05) is 13.3 Å². The summed E-state index contributed by atoms with van der Waals surface area (Å²) < 4.78 is 27.8. The number of halogens is 2. The Morgan fingerprint density at radius 3 is 1.12 bits per heavy atom. The molecule has 0 N–H and O–H groups in total. The maximum Gasteiger partial charge on any atom is 0.251 e. The average Bonchev–Trinajstić information content (AvgIpc) is 2.01. The van der Waals surface area contributed by atoms with E-state index in [2.05, 4.69) is 34.1 Å². The summed E-state index contributed by atoms with van der Waals surface area (Å²) in [4.78, 5) is -0.293. The van der Waals surface area contributed by atoms with Gasteiger partial charge >= 0.3 is 0 Å². The lowest BCUT2D eigenvalue weighted by Gasteiger charge is -2.56. The standard InChI is InChI=1S/C12H26F2P2/c1-9(2,3)12(15-7,16-8)10(4,5)11(6,13)14/h15-16H,1-8H3. The van der Waals surface area contributed by atoms with Crippen molar-refractivity contribution >= 4 is 17.2 Å². The summed E-state index contributed by atoms with van der Waals surface area (Å²) in [5.41, 5.74) is -1.07. The van der Waals surface area contributed by atoms with Crippen LogP contribution in [0.25, 0.3) is 0 Å². The predicted molar refractivity (Wildman–Crippen MR) is 75.1 cm³/mol. The van der Waals surface area contributed by atoms with Gasteiger partial charge in [0.25, 0.3) is 5.92 Å². The molecule has 0 rings (SSSR count). The van der Waals surface area contributed by atoms with E-state index >= 15 is 0 Å². The van der Waals surface area contributed by atoms with Gasteiger partial charge in [-0.3, -0.25) is 0 Å². The van der Waals surface area contributed by atoms with Crippen LogP contribution in [0.15, 0.2) is 0 Å². The Morgan fingerprint density at radius 2 is 1.06 bits per heavy atom. The number of hydrogen-bond donors (Lipinski definition) is 0. The van der Waals surface area contributed by atoms with Crippen LogP contribution >= 0.6 is 17.2 Å². The molecule has 98 valence electrons. The Bertz CT molecular complexity index is 232. The number of alkyl halides is 2. The van der Waals surface area contributed by atoms with Gasteiger partial charge in [0.1, 0.15) is 0 Å². The van der Waals surface area contributed by atoms with Crippen molar-refractivity contribution < 1.29 is 8.78 Å². The fraction of sp³-hybridized carbons (Fsp3) is 1.00. The first-order valence-corrected chi connectivity index (χ1v) is 8.63. The molecule has 0 amide bonds. The van der Waals surface area contributed by atoms with Crippen LogP contribution in [0.3, 0.4) is 0 Å². The molecule has 0 aliphatic carbocycles. The molecule has 2 atom stereocenters. The van der Waals surface area contributed by atoms with Crippen molar-refractivity contribution in [2.24, 2.45) is 10.8 Å². The van der Waals surface area contributed by atoms with Crippen molar-refractivity contribution in [2.45, 2.75) is 52.4 Å². The maximum atomic E-state index is 13.9. The summed E-state index contributed by atoms with van der Waals surface area (Å²) in [6.45, 7) is 14.9. The molecular weight excluding hydrogens is 244 g/mol. The molecule has 0 saturated heterocycles. The smallest absolute Gasteiger partial charge is 0.207 e. The molecule has 0 aliphatic heterocycles. The third kappa shape index (κ3) is 2.44. The van der Waals surface area contributed by atoms with Crippen LogP contribution in [-0.2, 0) is 0 Å². The van der Waals surface area contributed by atoms with Crippen LogP contribution in [0.2, 0.25) is 0 Å². The van der Waals surface area contributed by atoms with Gasteiger partial charge < -0.3 is 0 Å². The van der Waals surface area contributed by atoms with Gasteiger partial charge in [-0.1, -0.05) is 34.6 Å². The largest absolute Gasteiger partial charge is 0.251 e. The molecule has 0 aromatic carbocycles. The highest BCUT2D eigenvalue weighted by molar-refractivity contribution is 7.58. The molecule has 0 aromatic heterocycles. The topological polar surface area (TPSA) is 0 Å². The second kappa shape index (κ2) is 4.77. The van der Waals surface area contributed by atoms with Crippen molar-refractivity contribution in [1.82, 2.24) is 0 Å². The zero-order valence-electron chi connectivity index (χ0n) is 11.8. The molecule has 0 radical (unpaired) electrons. The summed E-state index contributed by atoms with van der Waals surface area (Å²) in [6.07, 6.45) is 0. The first-order valence-electron chi connectivity index (χ1n) is 5.63. The number of rotatable bonds is 4. The van der Waals surface area contributed by atoms with Crippen molar-refractivity contribution in [1.29, 1.82) is 0 Å². The Balaban J connectivity index is 5.72. The fourth-order valence-corrected chi connectivity index (χ4v) is 6.96. The Labute approximate surface area is 103 Å². The maximum absolute atomic E-state index is 13.9. The van der Waals surface area contributed by atoms with E-state index in [1.807, 2.05) is 0 Å². The van der Waals surface area contributed by atoms with Crippen LogP contribution in [0, 0.1) is 10.8 Å². The van der Waals surface area contributed by atoms with Crippen molar-refractivity contribution in [3.05, 3.63) is 0 Å². The Kier molecular flexibility index (Phi) is 4.99. The van der Waals surface area contributed by atoms with E-state index in [1.165, 1.54) is 0 Å². The lowest BCUT2D eigenvalue weighted by molar-refractivity contribution is -0.108. The summed E-state index contributed by atoms with van der Waals surface area (Å²) in [6, 6.07) is 0. The Hall–Kier alpha value is 0.720. The highest BCUT2D eigenvalue weighted by Gasteiger charge is 2.59. The molecular formula is C12H26F2P2. The van der Waals surface area contributed by atoms with E-state index in [4.69, 9.17) is 0 Å².